The number of nitrogens with one attached hydrogen (secondary N) is 1. The highest BCUT2D eigenvalue weighted by Crippen LogP contribution is 2.44. The van der Waals surface area contributed by atoms with Gasteiger partial charge in [0.2, 0.25) is 0 Å². The number of benzene rings is 2. The van der Waals surface area contributed by atoms with Gasteiger partial charge < -0.3 is 15.1 Å². The van der Waals surface area contributed by atoms with Crippen molar-refractivity contribution in [1.29, 1.82) is 0 Å². The minimum atomic E-state index is -4.69. The van der Waals surface area contributed by atoms with Crippen molar-refractivity contribution in [3.05, 3.63) is 77.0 Å². The molecule has 2 rings (SSSR count). The van der Waals surface area contributed by atoms with Crippen molar-refractivity contribution in [2.45, 2.75) is 0 Å². The Labute approximate surface area is 126 Å². The molecule has 3 N–H and O–H groups in total. The summed E-state index contributed by atoms with van der Waals surface area (Å²) >= 11 is 0. The van der Waals surface area contributed by atoms with E-state index >= 15 is 0 Å². The van der Waals surface area contributed by atoms with Crippen molar-refractivity contribution in [3.8, 4) is 0 Å². The maximum atomic E-state index is 12.8. The predicted molar refractivity (Wildman–Crippen MR) is 80.3 cm³/mol. The number of amides is 1. The van der Waals surface area contributed by atoms with E-state index < -0.39 is 24.8 Å². The van der Waals surface area contributed by atoms with Gasteiger partial charge in [-0.05, 0) is 35.9 Å². The Morgan fingerprint density at radius 3 is 2.18 bits per heavy atom. The molecule has 7 heteroatoms. The summed E-state index contributed by atoms with van der Waals surface area (Å²) in [7, 11) is -4.69. The van der Waals surface area contributed by atoms with Crippen LogP contribution in [-0.2, 0) is 4.57 Å². The van der Waals surface area contributed by atoms with E-state index in [1.54, 1.807) is 18.2 Å². The summed E-state index contributed by atoms with van der Waals surface area (Å²) < 4.78 is 24.4. The fourth-order valence-electron chi connectivity index (χ4n) is 1.69. The van der Waals surface area contributed by atoms with Gasteiger partial charge in [0.25, 0.3) is 5.91 Å². The van der Waals surface area contributed by atoms with Crippen LogP contribution in [-0.4, -0.2) is 15.7 Å². The molecule has 0 atom stereocenters. The molecule has 2 aromatic carbocycles. The van der Waals surface area contributed by atoms with E-state index in [-0.39, 0.29) is 5.56 Å². The van der Waals surface area contributed by atoms with Crippen LogP contribution in [0.5, 0.6) is 0 Å². The van der Waals surface area contributed by atoms with Gasteiger partial charge in [0.1, 0.15) is 11.3 Å². The standard InChI is InChI=1S/C15H13FNO4P/c16-13-8-6-11(7-9-13)10-14(22(19,20)21)17-15(18)12-4-2-1-3-5-12/h1-10H,(H,17,18)(H2,19,20,21)/b14-10-. The van der Waals surface area contributed by atoms with Crippen LogP contribution < -0.4 is 5.32 Å². The lowest BCUT2D eigenvalue weighted by Crippen LogP contribution is -2.22. The van der Waals surface area contributed by atoms with Crippen LogP contribution in [0.15, 0.2) is 60.0 Å². The fourth-order valence-corrected chi connectivity index (χ4v) is 2.25. The van der Waals surface area contributed by atoms with Gasteiger partial charge in [0, 0.05) is 5.56 Å². The summed E-state index contributed by atoms with van der Waals surface area (Å²) in [5.74, 6) is -1.11. The number of halogens is 1. The molecule has 0 aliphatic rings. The van der Waals surface area contributed by atoms with E-state index in [2.05, 4.69) is 5.32 Å². The lowest BCUT2D eigenvalue weighted by atomic mass is 10.2. The second-order valence-electron chi connectivity index (χ2n) is 4.45. The second kappa shape index (κ2) is 6.66. The minimum absolute atomic E-state index is 0.265. The molecule has 0 saturated heterocycles. The van der Waals surface area contributed by atoms with Crippen molar-refractivity contribution in [3.63, 3.8) is 0 Å². The Morgan fingerprint density at radius 1 is 1.05 bits per heavy atom. The SMILES string of the molecule is O=C(N/C(=C/c1ccc(F)cc1)P(=O)(O)O)c1ccccc1. The molecule has 0 spiro atoms. The predicted octanol–water partition coefficient (Wildman–Crippen LogP) is 2.73. The molecule has 0 bridgehead atoms. The van der Waals surface area contributed by atoms with E-state index in [1.165, 1.54) is 24.3 Å². The zero-order valence-electron chi connectivity index (χ0n) is 11.3. The molecule has 22 heavy (non-hydrogen) atoms. The van der Waals surface area contributed by atoms with Crippen LogP contribution in [0.3, 0.4) is 0 Å². The molecule has 0 aromatic heterocycles. The second-order valence-corrected chi connectivity index (χ2v) is 6.02. The van der Waals surface area contributed by atoms with Crippen molar-refractivity contribution >= 4 is 19.6 Å². The fraction of sp³-hybridized carbons (Fsp3) is 0. The normalized spacial score (nSPS) is 12.0. The van der Waals surface area contributed by atoms with Gasteiger partial charge in [-0.3, -0.25) is 9.36 Å². The van der Waals surface area contributed by atoms with Crippen LogP contribution in [0, 0.1) is 5.82 Å². The third-order valence-corrected chi connectivity index (χ3v) is 3.63. The first kappa shape index (κ1) is 16.1. The summed E-state index contributed by atoms with van der Waals surface area (Å²) in [4.78, 5) is 30.7. The summed E-state index contributed by atoms with van der Waals surface area (Å²) in [6.45, 7) is 0. The van der Waals surface area contributed by atoms with Crippen LogP contribution in [0.2, 0.25) is 0 Å². The first-order chi connectivity index (χ1) is 10.4. The van der Waals surface area contributed by atoms with Crippen molar-refractivity contribution in [2.75, 3.05) is 0 Å². The van der Waals surface area contributed by atoms with Crippen molar-refractivity contribution in [1.82, 2.24) is 5.32 Å². The molecule has 0 radical (unpaired) electrons. The average molecular weight is 321 g/mol. The molecular weight excluding hydrogens is 308 g/mol. The van der Waals surface area contributed by atoms with Crippen LogP contribution in [0.25, 0.3) is 6.08 Å². The third kappa shape index (κ3) is 4.36. The van der Waals surface area contributed by atoms with Gasteiger partial charge >= 0.3 is 7.60 Å². The Morgan fingerprint density at radius 2 is 1.64 bits per heavy atom. The summed E-state index contributed by atoms with van der Waals surface area (Å²) in [6, 6.07) is 13.0. The van der Waals surface area contributed by atoms with E-state index in [1.807, 2.05) is 0 Å². The quantitative estimate of drug-likeness (QED) is 0.756. The molecule has 0 unspecified atom stereocenters. The van der Waals surface area contributed by atoms with Crippen molar-refractivity contribution in [2.24, 2.45) is 0 Å². The summed E-state index contributed by atoms with van der Waals surface area (Å²) in [6.07, 6.45) is 1.11. The molecule has 1 amide bonds. The van der Waals surface area contributed by atoms with Gasteiger partial charge in [-0.1, -0.05) is 30.3 Å². The highest BCUT2D eigenvalue weighted by Gasteiger charge is 2.23. The molecule has 0 saturated carbocycles. The van der Waals surface area contributed by atoms with E-state index in [9.17, 15) is 23.5 Å². The summed E-state index contributed by atoms with van der Waals surface area (Å²) in [5, 5.41) is 2.20. The first-order valence-corrected chi connectivity index (χ1v) is 7.87. The van der Waals surface area contributed by atoms with Crippen LogP contribution in [0.4, 0.5) is 4.39 Å². The molecule has 5 nitrogen and oxygen atoms in total. The molecule has 0 heterocycles. The third-order valence-electron chi connectivity index (χ3n) is 2.76. The lowest BCUT2D eigenvalue weighted by Gasteiger charge is -2.11. The monoisotopic (exact) mass is 321 g/mol. The topological polar surface area (TPSA) is 86.6 Å². The minimum Gasteiger partial charge on any atom is -0.320 e. The number of carbonyl (C=O) groups excluding carboxylic acids is 1. The number of hydrogen-bond donors (Lipinski definition) is 3. The highest BCUT2D eigenvalue weighted by atomic mass is 31.2. The largest absolute Gasteiger partial charge is 0.372 e. The molecule has 0 aliphatic carbocycles. The maximum absolute atomic E-state index is 12.8. The van der Waals surface area contributed by atoms with E-state index in [0.29, 0.717) is 5.56 Å². The van der Waals surface area contributed by atoms with Gasteiger partial charge in [-0.15, -0.1) is 0 Å². The Balaban J connectivity index is 2.30. The number of carbonyl (C=O) groups is 1. The van der Waals surface area contributed by atoms with Crippen molar-refractivity contribution < 1.29 is 23.5 Å². The first-order valence-electron chi connectivity index (χ1n) is 6.26. The van der Waals surface area contributed by atoms with Gasteiger partial charge in [0.05, 0.1) is 0 Å². The molecule has 0 fully saturated rings. The number of hydrogen-bond acceptors (Lipinski definition) is 2. The van der Waals surface area contributed by atoms with Gasteiger partial charge in [0.15, 0.2) is 0 Å². The van der Waals surface area contributed by atoms with Crippen LogP contribution >= 0.6 is 7.60 Å². The smallest absolute Gasteiger partial charge is 0.320 e. The highest BCUT2D eigenvalue weighted by molar-refractivity contribution is 7.56. The molecule has 0 aliphatic heterocycles. The van der Waals surface area contributed by atoms with Crippen LogP contribution in [0.1, 0.15) is 15.9 Å². The van der Waals surface area contributed by atoms with Gasteiger partial charge in [-0.25, -0.2) is 4.39 Å². The zero-order chi connectivity index (χ0) is 16.2. The number of rotatable bonds is 4. The average Bonchev–Trinajstić information content (AvgIpc) is 2.48. The van der Waals surface area contributed by atoms with Gasteiger partial charge in [-0.2, -0.15) is 0 Å². The lowest BCUT2D eigenvalue weighted by molar-refractivity contribution is 0.0966. The Bertz CT molecular complexity index is 738. The maximum Gasteiger partial charge on any atom is 0.372 e. The zero-order valence-corrected chi connectivity index (χ0v) is 12.2. The van der Waals surface area contributed by atoms with E-state index in [0.717, 1.165) is 18.2 Å². The molecule has 2 aromatic rings. The van der Waals surface area contributed by atoms with E-state index in [4.69, 9.17) is 0 Å². The molecular formula is C15H13FNO4P. The Kier molecular flexibility index (Phi) is 4.88. The summed E-state index contributed by atoms with van der Waals surface area (Å²) in [5.41, 5.74) is 0.0713. The molecule has 114 valence electrons. The Hall–Kier alpha value is -2.27.